The van der Waals surface area contributed by atoms with Crippen LogP contribution >= 0.6 is 0 Å². The van der Waals surface area contributed by atoms with Gasteiger partial charge in [0.25, 0.3) is 11.5 Å². The standard InChI is InChI=1S/C41H54N14O14/c1-69-34(63)9-6-25(56)21-49-33(62)18-27(36(42)64)52-32(61)13-17-47-31(60)12-16-46-30(59)11-15-45-29(58)10-14-44-28(57)8-7-26(40(67)68)53-38(65)22-2-4-23(5-3-22)48-19-24-20-50-37-35(51-24)39(66)55-41(43)54-37/h2-5,20,26-27,48H,6-19,21H2,1H3,(H2,42,64)(H,44,57)(H,45,58)(H,46,59)(H,47,60)(H,49,62)(H,52,61)(H,53,65)(H,67,68)(H3,43,50,54,55,66)/t26-,27-/m0/s1. The highest BCUT2D eigenvalue weighted by atomic mass is 16.5. The summed E-state index contributed by atoms with van der Waals surface area (Å²) >= 11 is 0. The number of aromatic amines is 1. The molecule has 3 aromatic rings. The second-order valence-electron chi connectivity index (χ2n) is 14.8. The van der Waals surface area contributed by atoms with E-state index in [-0.39, 0.29) is 107 Å². The van der Waals surface area contributed by atoms with Crippen LogP contribution in [0.1, 0.15) is 73.8 Å². The number of rotatable bonds is 30. The van der Waals surface area contributed by atoms with Crippen LogP contribution < -0.4 is 59.6 Å². The number of ketones is 1. The lowest BCUT2D eigenvalue weighted by molar-refractivity contribution is -0.142. The van der Waals surface area contributed by atoms with Crippen LogP contribution in [0.3, 0.4) is 0 Å². The number of nitrogen functional groups attached to an aromatic ring is 1. The molecule has 0 aliphatic rings. The Morgan fingerprint density at radius 3 is 1.81 bits per heavy atom. The molecule has 8 amide bonds. The fourth-order valence-electron chi connectivity index (χ4n) is 5.75. The van der Waals surface area contributed by atoms with Gasteiger partial charge in [-0.05, 0) is 30.7 Å². The zero-order valence-corrected chi connectivity index (χ0v) is 37.4. The summed E-state index contributed by atoms with van der Waals surface area (Å²) < 4.78 is 4.43. The maximum absolute atomic E-state index is 12.8. The number of hydrogen-bond acceptors (Lipinski definition) is 18. The second kappa shape index (κ2) is 28.4. The molecule has 0 unspecified atom stereocenters. The number of methoxy groups -OCH3 is 1. The summed E-state index contributed by atoms with van der Waals surface area (Å²) in [5, 5.41) is 29.6. The summed E-state index contributed by atoms with van der Waals surface area (Å²) in [5.41, 5.74) is 11.5. The molecule has 0 aliphatic carbocycles. The van der Waals surface area contributed by atoms with Gasteiger partial charge in [0.05, 0.1) is 44.9 Å². The van der Waals surface area contributed by atoms with Crippen molar-refractivity contribution in [1.29, 1.82) is 0 Å². The Bertz CT molecular complexity index is 2430. The van der Waals surface area contributed by atoms with Gasteiger partial charge in [0.1, 0.15) is 12.1 Å². The average Bonchev–Trinajstić information content (AvgIpc) is 3.30. The third-order valence-corrected chi connectivity index (χ3v) is 9.45. The molecule has 372 valence electrons. The molecule has 14 N–H and O–H groups in total. The van der Waals surface area contributed by atoms with E-state index in [0.717, 1.165) is 0 Å². The molecule has 28 heteroatoms. The predicted octanol–water partition coefficient (Wildman–Crippen LogP) is -4.11. The molecule has 28 nitrogen and oxygen atoms in total. The number of aliphatic carboxylic acids is 1. The number of nitrogens with zero attached hydrogens (tertiary/aromatic N) is 3. The molecule has 3 rings (SSSR count). The Morgan fingerprint density at radius 2 is 1.26 bits per heavy atom. The van der Waals surface area contributed by atoms with E-state index in [4.69, 9.17) is 11.5 Å². The average molecular weight is 967 g/mol. The highest BCUT2D eigenvalue weighted by Gasteiger charge is 2.24. The van der Waals surface area contributed by atoms with Crippen molar-refractivity contribution in [3.63, 3.8) is 0 Å². The van der Waals surface area contributed by atoms with E-state index in [0.29, 0.717) is 11.4 Å². The first kappa shape index (κ1) is 54.7. The highest BCUT2D eigenvalue weighted by molar-refractivity contribution is 5.97. The molecule has 1 aromatic carbocycles. The maximum Gasteiger partial charge on any atom is 0.326 e. The second-order valence-corrected chi connectivity index (χ2v) is 14.8. The monoisotopic (exact) mass is 966 g/mol. The Kier molecular flexibility index (Phi) is 22.6. The van der Waals surface area contributed by atoms with E-state index in [1.54, 1.807) is 12.1 Å². The number of nitrogens with two attached hydrogens (primary N) is 2. The largest absolute Gasteiger partial charge is 0.480 e. The summed E-state index contributed by atoms with van der Waals surface area (Å²) in [5.74, 6) is -7.73. The third-order valence-electron chi connectivity index (χ3n) is 9.45. The topological polar surface area (TPSA) is 437 Å². The molecular weight excluding hydrogens is 913 g/mol. The zero-order chi connectivity index (χ0) is 50.9. The number of nitrogens with one attached hydrogen (secondary N) is 9. The molecule has 0 saturated heterocycles. The molecule has 0 spiro atoms. The van der Waals surface area contributed by atoms with Crippen molar-refractivity contribution in [3.8, 4) is 0 Å². The number of carbonyl (C=O) groups is 11. The minimum Gasteiger partial charge on any atom is -0.480 e. The quantitative estimate of drug-likeness (QED) is 0.0283. The van der Waals surface area contributed by atoms with Crippen molar-refractivity contribution in [1.82, 2.24) is 57.2 Å². The van der Waals surface area contributed by atoms with Gasteiger partial charge in [0.15, 0.2) is 16.9 Å². The van der Waals surface area contributed by atoms with Crippen LogP contribution in [0.4, 0.5) is 11.6 Å². The van der Waals surface area contributed by atoms with E-state index in [2.05, 4.69) is 67.2 Å². The van der Waals surface area contributed by atoms with Crippen molar-refractivity contribution in [2.24, 2.45) is 5.73 Å². The predicted molar refractivity (Wildman–Crippen MR) is 240 cm³/mol. The number of Topliss-reactive ketones (excluding diaryl/α,β-unsaturated/α-hetero) is 1. The Hall–Kier alpha value is -8.59. The van der Waals surface area contributed by atoms with Crippen molar-refractivity contribution in [2.75, 3.05) is 50.9 Å². The van der Waals surface area contributed by atoms with E-state index in [1.165, 1.54) is 25.4 Å². The number of amides is 8. The summed E-state index contributed by atoms with van der Waals surface area (Å²) in [6, 6.07) is 3.26. The van der Waals surface area contributed by atoms with Crippen LogP contribution in [-0.4, -0.2) is 142 Å². The van der Waals surface area contributed by atoms with E-state index in [9.17, 15) is 62.6 Å². The van der Waals surface area contributed by atoms with Crippen LogP contribution in [0.25, 0.3) is 11.2 Å². The number of anilines is 2. The number of carboxylic acids is 1. The molecule has 0 bridgehead atoms. The van der Waals surface area contributed by atoms with Gasteiger partial charge in [-0.25, -0.2) is 14.8 Å². The first-order chi connectivity index (χ1) is 32.8. The van der Waals surface area contributed by atoms with Gasteiger partial charge in [0, 0.05) is 76.0 Å². The minimum atomic E-state index is -1.40. The van der Waals surface area contributed by atoms with E-state index >= 15 is 0 Å². The summed E-state index contributed by atoms with van der Waals surface area (Å²) in [7, 11) is 1.17. The van der Waals surface area contributed by atoms with Crippen molar-refractivity contribution >= 4 is 87.8 Å². The van der Waals surface area contributed by atoms with Crippen molar-refractivity contribution in [3.05, 3.63) is 52.1 Å². The van der Waals surface area contributed by atoms with Gasteiger partial charge in [-0.2, -0.15) is 4.98 Å². The molecule has 2 aromatic heterocycles. The van der Waals surface area contributed by atoms with Crippen LogP contribution in [0, 0.1) is 0 Å². The molecular formula is C41H54N14O14. The number of aromatic nitrogens is 4. The van der Waals surface area contributed by atoms with E-state index in [1.807, 2.05) is 0 Å². The summed E-state index contributed by atoms with van der Waals surface area (Å²) in [4.78, 5) is 159. The van der Waals surface area contributed by atoms with Gasteiger partial charge >= 0.3 is 11.9 Å². The van der Waals surface area contributed by atoms with Gasteiger partial charge in [-0.1, -0.05) is 0 Å². The van der Waals surface area contributed by atoms with Crippen molar-refractivity contribution < 1.29 is 62.6 Å². The summed E-state index contributed by atoms with van der Waals surface area (Å²) in [6.45, 7) is -0.599. The normalized spacial score (nSPS) is 11.4. The van der Waals surface area contributed by atoms with Gasteiger partial charge in [-0.3, -0.25) is 57.7 Å². The highest BCUT2D eigenvalue weighted by Crippen LogP contribution is 2.12. The molecule has 0 radical (unpaired) electrons. The van der Waals surface area contributed by atoms with Gasteiger partial charge in [0.2, 0.25) is 47.3 Å². The van der Waals surface area contributed by atoms with Crippen LogP contribution in [-0.2, 0) is 59.2 Å². The van der Waals surface area contributed by atoms with Crippen LogP contribution in [0.5, 0.6) is 0 Å². The van der Waals surface area contributed by atoms with Crippen molar-refractivity contribution in [2.45, 2.75) is 76.4 Å². The molecule has 0 fully saturated rings. The number of ether oxygens (including phenoxy) is 1. The van der Waals surface area contributed by atoms with E-state index < -0.39 is 95.6 Å². The molecule has 0 saturated carbocycles. The fourth-order valence-corrected chi connectivity index (χ4v) is 5.75. The Balaban J connectivity index is 1.23. The van der Waals surface area contributed by atoms with Crippen LogP contribution in [0.2, 0.25) is 0 Å². The smallest absolute Gasteiger partial charge is 0.326 e. The lowest BCUT2D eigenvalue weighted by Crippen LogP contribution is -2.48. The first-order valence-electron chi connectivity index (χ1n) is 21.2. The number of benzene rings is 1. The first-order valence-corrected chi connectivity index (χ1v) is 21.2. The lowest BCUT2D eigenvalue weighted by Gasteiger charge is -2.15. The maximum atomic E-state index is 12.8. The van der Waals surface area contributed by atoms with Gasteiger partial charge in [-0.15, -0.1) is 0 Å². The number of carboxylic acid groups (broad SMARTS) is 1. The summed E-state index contributed by atoms with van der Waals surface area (Å²) in [6.07, 6.45) is -0.707. The Morgan fingerprint density at radius 1 is 0.696 bits per heavy atom. The number of esters is 1. The third kappa shape index (κ3) is 21.1. The molecule has 2 heterocycles. The SMILES string of the molecule is COC(=O)CCC(=O)CNC(=O)C[C@H](NC(=O)CCNC(=O)CCNC(=O)CCNC(=O)CCNC(=O)CC[C@H](NC(=O)c1ccc(NCc2cnc3nc(N)[nH]c(=O)c3n2)cc1)C(=O)O)C(N)=O. The Labute approximate surface area is 392 Å². The van der Waals surface area contributed by atoms with Gasteiger partial charge < -0.3 is 63.8 Å². The molecule has 0 aliphatic heterocycles. The number of carbonyl (C=O) groups excluding carboxylic acids is 10. The number of H-pyrrole nitrogens is 1. The number of hydrogen-bond donors (Lipinski definition) is 12. The van der Waals surface area contributed by atoms with Crippen LogP contribution in [0.15, 0.2) is 35.3 Å². The zero-order valence-electron chi connectivity index (χ0n) is 37.4. The number of primary amides is 1. The molecule has 69 heavy (non-hydrogen) atoms. The lowest BCUT2D eigenvalue weighted by atomic mass is 10.1. The molecule has 2 atom stereocenters. The minimum absolute atomic E-state index is 0.0152. The fraction of sp³-hybridized carbons (Fsp3) is 0.439. The number of fused-ring (bicyclic) bond motifs is 1.